The Balaban J connectivity index is 0.885. The average Bonchev–Trinajstić information content (AvgIpc) is 3.86. The number of aromatic nitrogens is 2. The van der Waals surface area contributed by atoms with Crippen LogP contribution in [0.2, 0.25) is 0 Å². The minimum absolute atomic E-state index is 0.0197. The molecule has 15 nitrogen and oxygen atoms in total. The maximum Gasteiger partial charge on any atom is 0.255 e. The van der Waals surface area contributed by atoms with Crippen molar-refractivity contribution in [3.8, 4) is 5.75 Å². The smallest absolute Gasteiger partial charge is 0.255 e. The summed E-state index contributed by atoms with van der Waals surface area (Å²) in [6.07, 6.45) is 8.72. The second kappa shape index (κ2) is 17.2. The van der Waals surface area contributed by atoms with Crippen LogP contribution in [-0.4, -0.2) is 95.6 Å². The van der Waals surface area contributed by atoms with Gasteiger partial charge in [0.25, 0.3) is 5.91 Å². The van der Waals surface area contributed by atoms with Gasteiger partial charge in [-0.05, 0) is 56.8 Å². The number of likely N-dealkylation sites (N-methyl/N-ethyl adjacent to an activating group) is 1. The van der Waals surface area contributed by atoms with Crippen LogP contribution in [0.3, 0.4) is 0 Å². The van der Waals surface area contributed by atoms with Crippen molar-refractivity contribution >= 4 is 52.5 Å². The van der Waals surface area contributed by atoms with E-state index in [0.29, 0.717) is 72.7 Å². The van der Waals surface area contributed by atoms with E-state index in [2.05, 4.69) is 25.8 Å². The predicted molar refractivity (Wildman–Crippen MR) is 212 cm³/mol. The quantitative estimate of drug-likeness (QED) is 0.116. The van der Waals surface area contributed by atoms with Gasteiger partial charge in [-0.25, -0.2) is 9.97 Å². The lowest BCUT2D eigenvalue weighted by molar-refractivity contribution is -0.137. The van der Waals surface area contributed by atoms with E-state index in [-0.39, 0.29) is 67.3 Å². The molecular weight excluding hydrogens is 729 g/mol. The zero-order chi connectivity index (χ0) is 40.2. The van der Waals surface area contributed by atoms with Gasteiger partial charge in [-0.1, -0.05) is 38.0 Å². The molecule has 1 saturated heterocycles. The fourth-order valence-electron chi connectivity index (χ4n) is 8.50. The van der Waals surface area contributed by atoms with Gasteiger partial charge in [0.05, 0.1) is 13.3 Å². The Morgan fingerprint density at radius 3 is 2.58 bits per heavy atom. The third-order valence-electron chi connectivity index (χ3n) is 11.6. The van der Waals surface area contributed by atoms with E-state index in [1.165, 1.54) is 4.90 Å². The zero-order valence-electron chi connectivity index (χ0n) is 32.8. The van der Waals surface area contributed by atoms with Crippen molar-refractivity contribution in [2.24, 2.45) is 0 Å². The topological polar surface area (TPSA) is 183 Å². The number of nitrogens with zero attached hydrogens (tertiary/aromatic N) is 5. The maximum atomic E-state index is 13.3. The molecule has 1 aromatic heterocycles. The molecule has 1 saturated carbocycles. The Morgan fingerprint density at radius 2 is 1.82 bits per heavy atom. The number of carbonyl (C=O) groups is 6. The highest BCUT2D eigenvalue weighted by molar-refractivity contribution is 6.07. The average molecular weight is 779 g/mol. The van der Waals surface area contributed by atoms with E-state index < -0.39 is 11.9 Å². The van der Waals surface area contributed by atoms with Crippen molar-refractivity contribution in [3.05, 3.63) is 70.7 Å². The lowest BCUT2D eigenvalue weighted by atomic mass is 10.0. The van der Waals surface area contributed by atoms with Gasteiger partial charge in [0.15, 0.2) is 11.6 Å². The van der Waals surface area contributed by atoms with Gasteiger partial charge in [-0.15, -0.1) is 0 Å². The number of carbonyl (C=O) groups excluding carboxylic acids is 6. The Bertz CT molecular complexity index is 2080. The van der Waals surface area contributed by atoms with Crippen LogP contribution >= 0.6 is 0 Å². The van der Waals surface area contributed by atoms with Gasteiger partial charge in [-0.3, -0.25) is 34.1 Å². The van der Waals surface area contributed by atoms with Crippen molar-refractivity contribution in [1.82, 2.24) is 25.5 Å². The van der Waals surface area contributed by atoms with E-state index in [0.717, 1.165) is 42.8 Å². The molecule has 300 valence electrons. The number of nitrogens with one attached hydrogen (secondary N) is 3. The van der Waals surface area contributed by atoms with Crippen LogP contribution in [0.15, 0.2) is 42.6 Å². The molecule has 4 aliphatic rings. The number of hydrogen-bond donors (Lipinski definition) is 3. The zero-order valence-corrected chi connectivity index (χ0v) is 32.8. The molecule has 4 heterocycles. The monoisotopic (exact) mass is 778 g/mol. The molecule has 3 aliphatic heterocycles. The van der Waals surface area contributed by atoms with Gasteiger partial charge >= 0.3 is 0 Å². The fraction of sp³-hybridized carbons (Fsp3) is 0.476. The summed E-state index contributed by atoms with van der Waals surface area (Å²) in [5.41, 5.74) is 3.72. The number of ether oxygens (including phenoxy) is 1. The number of imide groups is 1. The molecule has 2 atom stereocenters. The summed E-state index contributed by atoms with van der Waals surface area (Å²) in [5, 5.41) is 8.43. The predicted octanol–water partition coefficient (Wildman–Crippen LogP) is 3.92. The van der Waals surface area contributed by atoms with E-state index in [9.17, 15) is 28.8 Å². The fourth-order valence-corrected chi connectivity index (χ4v) is 8.50. The molecule has 0 bridgehead atoms. The van der Waals surface area contributed by atoms with Crippen LogP contribution in [0.5, 0.6) is 5.75 Å². The number of ketones is 1. The first-order valence-corrected chi connectivity index (χ1v) is 20.0. The Labute approximate surface area is 331 Å². The number of piperidine rings is 1. The van der Waals surface area contributed by atoms with E-state index in [1.54, 1.807) is 55.6 Å². The Kier molecular flexibility index (Phi) is 11.9. The van der Waals surface area contributed by atoms with Gasteiger partial charge < -0.3 is 30.1 Å². The van der Waals surface area contributed by atoms with Crippen molar-refractivity contribution in [2.45, 2.75) is 102 Å². The van der Waals surface area contributed by atoms with E-state index >= 15 is 0 Å². The molecule has 7 rings (SSSR count). The molecule has 1 unspecified atom stereocenters. The number of amides is 5. The summed E-state index contributed by atoms with van der Waals surface area (Å²) in [6, 6.07) is 9.84. The number of fused-ring (bicyclic) bond motifs is 2. The molecule has 1 aliphatic carbocycles. The summed E-state index contributed by atoms with van der Waals surface area (Å²) in [7, 11) is 3.37. The van der Waals surface area contributed by atoms with Crippen molar-refractivity contribution in [3.63, 3.8) is 0 Å². The summed E-state index contributed by atoms with van der Waals surface area (Å²) in [6.45, 7) is 3.15. The largest absolute Gasteiger partial charge is 0.496 e. The highest BCUT2D eigenvalue weighted by Crippen LogP contribution is 2.40. The molecule has 3 aromatic rings. The maximum absolute atomic E-state index is 13.3. The molecule has 0 spiro atoms. The first-order valence-electron chi connectivity index (χ1n) is 20.0. The molecular formula is C42H50N8O7. The second-order valence-electron chi connectivity index (χ2n) is 15.2. The first-order chi connectivity index (χ1) is 27.6. The standard InChI is InChI=1S/C42H50N8O7/c1-4-31-42(56)48(2)33-23-44-36(46-39(33)50(31)27-9-5-6-10-27)22-26-15-14-25(21-35(26)57-3)34(51)13-8-19-43-20-18-38(53)45-30-12-7-11-28-29(30)24-49(41(28)55)32-16-17-37(52)47-40(32)54/h7,11-12,14-15,21,23,27,31-32,43H,4-6,8-10,13,16-20,22,24H2,1-3H3,(H,45,53)(H,47,52,54)/t31-,32?/m1/s1. The van der Waals surface area contributed by atoms with Crippen molar-refractivity contribution < 1.29 is 33.5 Å². The molecule has 5 amide bonds. The van der Waals surface area contributed by atoms with Crippen molar-refractivity contribution in [1.29, 1.82) is 0 Å². The Morgan fingerprint density at radius 1 is 1.02 bits per heavy atom. The summed E-state index contributed by atoms with van der Waals surface area (Å²) in [4.78, 5) is 91.4. The number of hydrogen-bond acceptors (Lipinski definition) is 11. The number of benzene rings is 2. The molecule has 3 N–H and O–H groups in total. The molecule has 2 fully saturated rings. The molecule has 57 heavy (non-hydrogen) atoms. The lowest BCUT2D eigenvalue weighted by Gasteiger charge is -2.43. The summed E-state index contributed by atoms with van der Waals surface area (Å²) in [5.74, 6) is 0.688. The van der Waals surface area contributed by atoms with Crippen LogP contribution in [0.25, 0.3) is 0 Å². The highest BCUT2D eigenvalue weighted by Gasteiger charge is 2.42. The van der Waals surface area contributed by atoms with Gasteiger partial charge in [-0.2, -0.15) is 0 Å². The number of Topliss-reactive ketones (excluding diaryl/α,β-unsaturated/α-hetero) is 1. The van der Waals surface area contributed by atoms with Gasteiger partial charge in [0.2, 0.25) is 23.6 Å². The van der Waals surface area contributed by atoms with Crippen LogP contribution in [0.1, 0.15) is 109 Å². The van der Waals surface area contributed by atoms with Crippen LogP contribution in [0.4, 0.5) is 17.2 Å². The van der Waals surface area contributed by atoms with Crippen LogP contribution in [0, 0.1) is 0 Å². The summed E-state index contributed by atoms with van der Waals surface area (Å²) >= 11 is 0. The molecule has 15 heteroatoms. The first kappa shape index (κ1) is 39.5. The van der Waals surface area contributed by atoms with E-state index in [4.69, 9.17) is 9.72 Å². The third kappa shape index (κ3) is 8.24. The minimum atomic E-state index is -0.732. The number of rotatable bonds is 15. The number of methoxy groups -OCH3 is 1. The lowest BCUT2D eigenvalue weighted by Crippen LogP contribution is -2.55. The minimum Gasteiger partial charge on any atom is -0.496 e. The van der Waals surface area contributed by atoms with Crippen LogP contribution in [-0.2, 0) is 32.1 Å². The number of anilines is 3. The van der Waals surface area contributed by atoms with Gasteiger partial charge in [0, 0.05) is 79.8 Å². The van der Waals surface area contributed by atoms with Crippen LogP contribution < -0.4 is 30.5 Å². The molecule has 2 aromatic carbocycles. The third-order valence-corrected chi connectivity index (χ3v) is 11.6. The summed E-state index contributed by atoms with van der Waals surface area (Å²) < 4.78 is 5.71. The van der Waals surface area contributed by atoms with E-state index in [1.807, 2.05) is 13.0 Å². The second-order valence-corrected chi connectivity index (χ2v) is 15.2. The molecule has 0 radical (unpaired) electrons. The van der Waals surface area contributed by atoms with Crippen molar-refractivity contribution in [2.75, 3.05) is 42.4 Å². The van der Waals surface area contributed by atoms with Gasteiger partial charge in [0.1, 0.15) is 29.3 Å². The highest BCUT2D eigenvalue weighted by atomic mass is 16.5. The Hall–Kier alpha value is -5.70. The SMILES string of the molecule is CC[C@@H]1C(=O)N(C)c2cnc(Cc3ccc(C(=O)CCCNCCC(=O)Nc4cccc5c4CN(C4CCC(=O)NC4=O)C5=O)cc3OC)nc2N1C1CCCC1. The normalized spacial score (nSPS) is 19.5.